The van der Waals surface area contributed by atoms with Crippen molar-refractivity contribution in [3.05, 3.63) is 78.1 Å². The third-order valence-electron chi connectivity index (χ3n) is 6.71. The van der Waals surface area contributed by atoms with E-state index in [4.69, 9.17) is 9.47 Å². The van der Waals surface area contributed by atoms with E-state index in [0.717, 1.165) is 17.1 Å². The van der Waals surface area contributed by atoms with Gasteiger partial charge < -0.3 is 9.47 Å². The molecule has 0 N–H and O–H groups in total. The molecule has 4 aromatic heterocycles. The number of ketones is 1. The first-order valence-electron chi connectivity index (χ1n) is 14.4. The average Bonchev–Trinajstić information content (AvgIpc) is 3.53. The van der Waals surface area contributed by atoms with Crippen LogP contribution in [0.4, 0.5) is 19.8 Å². The molecule has 5 aromatic rings. The summed E-state index contributed by atoms with van der Waals surface area (Å²) in [5, 5.41) is 5.20. The fourth-order valence-electron chi connectivity index (χ4n) is 4.85. The highest BCUT2D eigenvalue weighted by atomic mass is 19.1. The first kappa shape index (κ1) is 31.3. The number of Topliss-reactive ketones (excluding diaryl/α,β-unsaturated/α-hetero) is 1. The zero-order valence-electron chi connectivity index (χ0n) is 26.3. The fourth-order valence-corrected chi connectivity index (χ4v) is 4.85. The number of ether oxygens (including phenoxy) is 2. The summed E-state index contributed by atoms with van der Waals surface area (Å²) in [6.45, 7) is 12.1. The van der Waals surface area contributed by atoms with Crippen molar-refractivity contribution in [1.82, 2.24) is 24.1 Å². The van der Waals surface area contributed by atoms with Crippen molar-refractivity contribution in [2.75, 3.05) is 11.4 Å². The van der Waals surface area contributed by atoms with Crippen LogP contribution >= 0.6 is 0 Å². The Balaban J connectivity index is 1.63. The molecule has 1 amide bonds. The molecular formula is C33H35FN6O5. The van der Waals surface area contributed by atoms with E-state index in [1.165, 1.54) is 39.4 Å². The molecule has 0 atom stereocenters. The van der Waals surface area contributed by atoms with Crippen molar-refractivity contribution in [2.24, 2.45) is 0 Å². The van der Waals surface area contributed by atoms with Crippen LogP contribution in [0.5, 0.6) is 0 Å². The second-order valence-corrected chi connectivity index (χ2v) is 12.6. The van der Waals surface area contributed by atoms with Gasteiger partial charge in [0.05, 0.1) is 29.2 Å². The van der Waals surface area contributed by atoms with Crippen LogP contribution in [-0.2, 0) is 15.9 Å². The van der Waals surface area contributed by atoms with Gasteiger partial charge in [-0.2, -0.15) is 9.61 Å². The molecule has 1 aromatic carbocycles. The van der Waals surface area contributed by atoms with Gasteiger partial charge in [0.2, 0.25) is 0 Å². The molecule has 0 saturated carbocycles. The lowest BCUT2D eigenvalue weighted by Crippen LogP contribution is -2.39. The summed E-state index contributed by atoms with van der Waals surface area (Å²) in [6.07, 6.45) is 4.71. The summed E-state index contributed by atoms with van der Waals surface area (Å²) in [6, 6.07) is 10.3. The number of para-hydroxylation sites is 1. The second-order valence-electron chi connectivity index (χ2n) is 12.6. The lowest BCUT2D eigenvalue weighted by Gasteiger charge is -2.28. The van der Waals surface area contributed by atoms with Gasteiger partial charge in [-0.05, 0) is 72.6 Å². The van der Waals surface area contributed by atoms with Crippen LogP contribution in [0.1, 0.15) is 64.4 Å². The third kappa shape index (κ3) is 6.84. The number of hydrogen-bond donors (Lipinski definition) is 0. The minimum absolute atomic E-state index is 0.0897. The van der Waals surface area contributed by atoms with E-state index in [9.17, 15) is 18.8 Å². The molecule has 12 heteroatoms. The van der Waals surface area contributed by atoms with Crippen molar-refractivity contribution in [3.63, 3.8) is 0 Å². The summed E-state index contributed by atoms with van der Waals surface area (Å²) in [4.78, 5) is 49.3. The van der Waals surface area contributed by atoms with Crippen molar-refractivity contribution in [1.29, 1.82) is 0 Å². The molecule has 0 spiro atoms. The molecule has 0 fully saturated rings. The van der Waals surface area contributed by atoms with Gasteiger partial charge in [-0.25, -0.2) is 19.0 Å². The highest BCUT2D eigenvalue weighted by Gasteiger charge is 2.28. The molecule has 0 aliphatic heterocycles. The lowest BCUT2D eigenvalue weighted by molar-refractivity contribution is 0.0540. The van der Waals surface area contributed by atoms with Crippen LogP contribution < -0.4 is 4.90 Å². The molecule has 45 heavy (non-hydrogen) atoms. The third-order valence-corrected chi connectivity index (χ3v) is 6.71. The van der Waals surface area contributed by atoms with Gasteiger partial charge in [-0.15, -0.1) is 0 Å². The minimum Gasteiger partial charge on any atom is -0.443 e. The number of pyridine rings is 1. The molecule has 0 saturated heterocycles. The Labute approximate surface area is 259 Å². The maximum Gasteiger partial charge on any atom is 0.419 e. The smallest absolute Gasteiger partial charge is 0.419 e. The van der Waals surface area contributed by atoms with Crippen molar-refractivity contribution >= 4 is 40.3 Å². The van der Waals surface area contributed by atoms with Gasteiger partial charge >= 0.3 is 12.2 Å². The second kappa shape index (κ2) is 11.8. The topological polar surface area (TPSA) is 121 Å². The maximum atomic E-state index is 14.2. The standard InChI is InChI=1S/C33H35FN6O5/c1-20(41)25-18-36-40-28(15-26(37-29(25)40)22-14-23(34)17-35-16-22)38(30(42)44-32(2,3)4)13-12-21-19-39(31(43)45-33(5,6)7)27-11-9-8-10-24(21)27/h8-11,14-19H,12-13H2,1-7H3. The Hall–Kier alpha value is -5.13. The Morgan fingerprint density at radius 3 is 2.33 bits per heavy atom. The number of carbonyl (C=O) groups excluding carboxylic acids is 3. The Morgan fingerprint density at radius 1 is 0.956 bits per heavy atom. The lowest BCUT2D eigenvalue weighted by atomic mass is 10.1. The van der Waals surface area contributed by atoms with Crippen molar-refractivity contribution in [2.45, 2.75) is 66.1 Å². The summed E-state index contributed by atoms with van der Waals surface area (Å²) in [5.41, 5.74) is 0.965. The van der Waals surface area contributed by atoms with E-state index in [2.05, 4.69) is 15.1 Å². The first-order chi connectivity index (χ1) is 21.1. The molecule has 0 bridgehead atoms. The number of benzene rings is 1. The summed E-state index contributed by atoms with van der Waals surface area (Å²) in [5.74, 6) is -0.602. The number of hydrogen-bond acceptors (Lipinski definition) is 8. The molecule has 5 rings (SSSR count). The van der Waals surface area contributed by atoms with Crippen molar-refractivity contribution in [3.8, 4) is 11.3 Å². The maximum absolute atomic E-state index is 14.2. The molecule has 0 radical (unpaired) electrons. The normalized spacial score (nSPS) is 12.0. The summed E-state index contributed by atoms with van der Waals surface area (Å²) in [7, 11) is 0. The highest BCUT2D eigenvalue weighted by molar-refractivity contribution is 6.00. The molecule has 0 unspecified atom stereocenters. The highest BCUT2D eigenvalue weighted by Crippen LogP contribution is 2.29. The number of halogens is 1. The largest absolute Gasteiger partial charge is 0.443 e. The minimum atomic E-state index is -0.835. The number of amides is 1. The Morgan fingerprint density at radius 2 is 1.67 bits per heavy atom. The fraction of sp³-hybridized carbons (Fsp3) is 0.333. The van der Waals surface area contributed by atoms with E-state index in [1.54, 1.807) is 53.8 Å². The number of carbonyl (C=O) groups is 3. The number of fused-ring (bicyclic) bond motifs is 2. The van der Waals surface area contributed by atoms with Crippen LogP contribution in [-0.4, -0.2) is 59.9 Å². The van der Waals surface area contributed by atoms with Crippen molar-refractivity contribution < 1.29 is 28.2 Å². The van der Waals surface area contributed by atoms with E-state index in [-0.39, 0.29) is 35.1 Å². The van der Waals surface area contributed by atoms with E-state index < -0.39 is 29.2 Å². The predicted molar refractivity (Wildman–Crippen MR) is 167 cm³/mol. The predicted octanol–water partition coefficient (Wildman–Crippen LogP) is 6.86. The average molecular weight is 615 g/mol. The zero-order chi connectivity index (χ0) is 32.7. The van der Waals surface area contributed by atoms with Crippen LogP contribution in [0.2, 0.25) is 0 Å². The van der Waals surface area contributed by atoms with E-state index in [0.29, 0.717) is 17.5 Å². The molecular weight excluding hydrogens is 579 g/mol. The quantitative estimate of drug-likeness (QED) is 0.190. The van der Waals surface area contributed by atoms with Gasteiger partial charge in [0.1, 0.15) is 22.8 Å². The van der Waals surface area contributed by atoms with Gasteiger partial charge in [0.15, 0.2) is 11.4 Å². The zero-order valence-corrected chi connectivity index (χ0v) is 26.3. The molecule has 11 nitrogen and oxygen atoms in total. The molecule has 234 valence electrons. The van der Waals surface area contributed by atoms with Crippen LogP contribution in [0.15, 0.2) is 61.2 Å². The van der Waals surface area contributed by atoms with Crippen LogP contribution in [0, 0.1) is 5.82 Å². The van der Waals surface area contributed by atoms with E-state index >= 15 is 0 Å². The summed E-state index contributed by atoms with van der Waals surface area (Å²) >= 11 is 0. The van der Waals surface area contributed by atoms with E-state index in [1.807, 2.05) is 24.3 Å². The number of rotatable bonds is 6. The van der Waals surface area contributed by atoms with Gasteiger partial charge in [-0.3, -0.25) is 19.2 Å². The van der Waals surface area contributed by atoms with Gasteiger partial charge in [0, 0.05) is 36.0 Å². The Bertz CT molecular complexity index is 1930. The Kier molecular flexibility index (Phi) is 8.17. The van der Waals surface area contributed by atoms with Gasteiger partial charge in [0.25, 0.3) is 0 Å². The SMILES string of the molecule is CC(=O)c1cnn2c(N(CCc3cn(C(=O)OC(C)(C)C)c4ccccc34)C(=O)OC(C)(C)C)cc(-c3cncc(F)c3)nc12. The monoisotopic (exact) mass is 614 g/mol. The van der Waals surface area contributed by atoms with Crippen LogP contribution in [0.3, 0.4) is 0 Å². The van der Waals surface area contributed by atoms with Crippen LogP contribution in [0.25, 0.3) is 27.8 Å². The van der Waals surface area contributed by atoms with Gasteiger partial charge in [-0.1, -0.05) is 18.2 Å². The first-order valence-corrected chi connectivity index (χ1v) is 14.4. The molecule has 4 heterocycles. The number of aromatic nitrogens is 5. The number of nitrogens with zero attached hydrogens (tertiary/aromatic N) is 6. The summed E-state index contributed by atoms with van der Waals surface area (Å²) < 4.78 is 28.5. The number of anilines is 1. The molecule has 0 aliphatic rings. The molecule has 0 aliphatic carbocycles.